The highest BCUT2D eigenvalue weighted by atomic mass is 35.5. The quantitative estimate of drug-likeness (QED) is 0.890. The minimum absolute atomic E-state index is 0. The summed E-state index contributed by atoms with van der Waals surface area (Å²) in [5, 5.41) is 4.79. The van der Waals surface area contributed by atoms with Crippen LogP contribution in [-0.2, 0) is 0 Å². The van der Waals surface area contributed by atoms with Crippen molar-refractivity contribution in [3.8, 4) is 0 Å². The van der Waals surface area contributed by atoms with Crippen molar-refractivity contribution in [3.63, 3.8) is 0 Å². The average molecular weight is 342 g/mol. The van der Waals surface area contributed by atoms with E-state index in [0.29, 0.717) is 6.04 Å². The largest absolute Gasteiger partial charge is 0.361 e. The number of aromatic nitrogens is 1. The number of H-pyrrole nitrogens is 1. The van der Waals surface area contributed by atoms with Crippen molar-refractivity contribution in [2.75, 3.05) is 26.2 Å². The molecule has 0 amide bonds. The standard InChI is InChI=1S/C17H23N3.2ClH/c1-2-14(3-1)17(20-10-8-18-9-11-20)15-5-4-13-6-7-19-16(13)12-15;;/h4-7,12,14,17-19H,1-3,8-11H2;2*1H/t17-;;/m1../s1. The van der Waals surface area contributed by atoms with E-state index < -0.39 is 0 Å². The molecule has 1 aromatic heterocycles. The summed E-state index contributed by atoms with van der Waals surface area (Å²) in [6.45, 7) is 4.63. The lowest BCUT2D eigenvalue weighted by Gasteiger charge is -2.43. The highest BCUT2D eigenvalue weighted by Crippen LogP contribution is 2.42. The molecule has 1 saturated heterocycles. The normalized spacial score (nSPS) is 20.7. The lowest BCUT2D eigenvalue weighted by atomic mass is 9.76. The van der Waals surface area contributed by atoms with Crippen LogP contribution >= 0.6 is 24.8 Å². The third-order valence-electron chi connectivity index (χ3n) is 5.06. The van der Waals surface area contributed by atoms with Gasteiger partial charge in [-0.25, -0.2) is 0 Å². The number of hydrogen-bond acceptors (Lipinski definition) is 2. The summed E-state index contributed by atoms with van der Waals surface area (Å²) in [5.41, 5.74) is 2.79. The summed E-state index contributed by atoms with van der Waals surface area (Å²) >= 11 is 0. The summed E-state index contributed by atoms with van der Waals surface area (Å²) in [6.07, 6.45) is 6.25. The Morgan fingerprint density at radius 3 is 2.50 bits per heavy atom. The van der Waals surface area contributed by atoms with Gasteiger partial charge in [-0.1, -0.05) is 18.6 Å². The Morgan fingerprint density at radius 2 is 1.82 bits per heavy atom. The summed E-state index contributed by atoms with van der Waals surface area (Å²) in [5.74, 6) is 0.862. The molecule has 5 heteroatoms. The van der Waals surface area contributed by atoms with Crippen molar-refractivity contribution in [3.05, 3.63) is 36.0 Å². The molecule has 0 spiro atoms. The Hall–Kier alpha value is -0.740. The Labute approximate surface area is 144 Å². The highest BCUT2D eigenvalue weighted by molar-refractivity contribution is 5.85. The molecule has 0 radical (unpaired) electrons. The van der Waals surface area contributed by atoms with E-state index in [9.17, 15) is 0 Å². The number of aromatic amines is 1. The second kappa shape index (κ2) is 7.69. The molecule has 3 nitrogen and oxygen atoms in total. The van der Waals surface area contributed by atoms with Gasteiger partial charge in [0.2, 0.25) is 0 Å². The fraction of sp³-hybridized carbons (Fsp3) is 0.529. The van der Waals surface area contributed by atoms with E-state index in [2.05, 4.69) is 39.5 Å². The zero-order valence-electron chi connectivity index (χ0n) is 12.8. The third-order valence-corrected chi connectivity index (χ3v) is 5.06. The first-order valence-electron chi connectivity index (χ1n) is 7.93. The number of benzene rings is 1. The van der Waals surface area contributed by atoms with Crippen LogP contribution in [0.2, 0.25) is 0 Å². The van der Waals surface area contributed by atoms with Gasteiger partial charge in [0, 0.05) is 43.9 Å². The van der Waals surface area contributed by atoms with Crippen molar-refractivity contribution in [2.24, 2.45) is 5.92 Å². The molecular weight excluding hydrogens is 317 g/mol. The molecule has 1 aliphatic heterocycles. The summed E-state index contributed by atoms with van der Waals surface area (Å²) in [6, 6.07) is 9.78. The monoisotopic (exact) mass is 341 g/mol. The third kappa shape index (κ3) is 3.28. The van der Waals surface area contributed by atoms with Gasteiger partial charge >= 0.3 is 0 Å². The van der Waals surface area contributed by atoms with Crippen LogP contribution in [0.5, 0.6) is 0 Å². The van der Waals surface area contributed by atoms with Gasteiger partial charge in [-0.2, -0.15) is 0 Å². The molecule has 2 heterocycles. The molecule has 2 aromatic rings. The number of hydrogen-bond donors (Lipinski definition) is 2. The van der Waals surface area contributed by atoms with Gasteiger partial charge in [0.05, 0.1) is 0 Å². The number of rotatable bonds is 3. The van der Waals surface area contributed by atoms with Crippen LogP contribution in [0.25, 0.3) is 10.9 Å². The Bertz CT molecular complexity index is 588. The van der Waals surface area contributed by atoms with Gasteiger partial charge in [-0.3, -0.25) is 4.90 Å². The Morgan fingerprint density at radius 1 is 1.05 bits per heavy atom. The summed E-state index contributed by atoms with van der Waals surface area (Å²) in [4.78, 5) is 6.06. The van der Waals surface area contributed by atoms with E-state index in [-0.39, 0.29) is 24.8 Å². The molecule has 0 bridgehead atoms. The number of fused-ring (bicyclic) bond motifs is 1. The molecule has 2 fully saturated rings. The average Bonchev–Trinajstić information content (AvgIpc) is 2.91. The molecule has 122 valence electrons. The molecule has 4 rings (SSSR count). The number of nitrogens with one attached hydrogen (secondary N) is 2. The van der Waals surface area contributed by atoms with Crippen LogP contribution in [0.3, 0.4) is 0 Å². The molecule has 1 saturated carbocycles. The van der Waals surface area contributed by atoms with Crippen LogP contribution in [-0.4, -0.2) is 36.1 Å². The second-order valence-corrected chi connectivity index (χ2v) is 6.25. The predicted octanol–water partition coefficient (Wildman–Crippen LogP) is 3.76. The highest BCUT2D eigenvalue weighted by Gasteiger charge is 2.33. The van der Waals surface area contributed by atoms with Crippen LogP contribution in [0.4, 0.5) is 0 Å². The van der Waals surface area contributed by atoms with Gasteiger partial charge < -0.3 is 10.3 Å². The molecule has 1 aliphatic carbocycles. The zero-order valence-corrected chi connectivity index (χ0v) is 14.4. The first-order chi connectivity index (χ1) is 9.92. The van der Waals surface area contributed by atoms with Crippen molar-refractivity contribution < 1.29 is 0 Å². The lowest BCUT2D eigenvalue weighted by molar-refractivity contribution is 0.0838. The van der Waals surface area contributed by atoms with Crippen LogP contribution in [0, 0.1) is 5.92 Å². The van der Waals surface area contributed by atoms with Gasteiger partial charge in [-0.05, 0) is 41.8 Å². The maximum atomic E-state index is 3.47. The summed E-state index contributed by atoms with van der Waals surface area (Å²) < 4.78 is 0. The minimum Gasteiger partial charge on any atom is -0.361 e. The van der Waals surface area contributed by atoms with E-state index in [0.717, 1.165) is 19.0 Å². The fourth-order valence-electron chi connectivity index (χ4n) is 3.75. The summed E-state index contributed by atoms with van der Waals surface area (Å²) in [7, 11) is 0. The van der Waals surface area contributed by atoms with Crippen molar-refractivity contribution in [2.45, 2.75) is 25.3 Å². The number of halogens is 2. The topological polar surface area (TPSA) is 31.1 Å². The van der Waals surface area contributed by atoms with Crippen LogP contribution in [0.15, 0.2) is 30.5 Å². The first-order valence-corrected chi connectivity index (χ1v) is 7.93. The molecule has 1 atom stereocenters. The van der Waals surface area contributed by atoms with Crippen molar-refractivity contribution in [1.29, 1.82) is 0 Å². The van der Waals surface area contributed by atoms with Crippen LogP contribution in [0.1, 0.15) is 30.9 Å². The van der Waals surface area contributed by atoms with Gasteiger partial charge in [-0.15, -0.1) is 24.8 Å². The zero-order chi connectivity index (χ0) is 13.4. The van der Waals surface area contributed by atoms with E-state index in [1.54, 1.807) is 0 Å². The fourth-order valence-corrected chi connectivity index (χ4v) is 3.75. The molecule has 0 unspecified atom stereocenters. The molecule has 1 aromatic carbocycles. The van der Waals surface area contributed by atoms with Crippen LogP contribution < -0.4 is 5.32 Å². The number of nitrogens with zero attached hydrogens (tertiary/aromatic N) is 1. The van der Waals surface area contributed by atoms with Gasteiger partial charge in [0.1, 0.15) is 0 Å². The maximum Gasteiger partial charge on any atom is 0.0457 e. The smallest absolute Gasteiger partial charge is 0.0457 e. The van der Waals surface area contributed by atoms with Crippen molar-refractivity contribution in [1.82, 2.24) is 15.2 Å². The van der Waals surface area contributed by atoms with Gasteiger partial charge in [0.25, 0.3) is 0 Å². The minimum atomic E-state index is 0. The molecule has 22 heavy (non-hydrogen) atoms. The Balaban J connectivity index is 0.000000882. The molecule has 2 aliphatic rings. The lowest BCUT2D eigenvalue weighted by Crippen LogP contribution is -2.47. The first kappa shape index (κ1) is 17.6. The van der Waals surface area contributed by atoms with E-state index >= 15 is 0 Å². The second-order valence-electron chi connectivity index (χ2n) is 6.25. The van der Waals surface area contributed by atoms with E-state index in [1.807, 2.05) is 6.20 Å². The van der Waals surface area contributed by atoms with Crippen molar-refractivity contribution >= 4 is 35.7 Å². The SMILES string of the molecule is Cl.Cl.c1cc2ccc([C@@H](C3CCC3)N3CCNCC3)cc2[nH]1. The Kier molecular flexibility index (Phi) is 6.16. The van der Waals surface area contributed by atoms with E-state index in [4.69, 9.17) is 0 Å². The molecular formula is C17H25Cl2N3. The maximum absolute atomic E-state index is 3.47. The predicted molar refractivity (Wildman–Crippen MR) is 97.3 cm³/mol. The van der Waals surface area contributed by atoms with E-state index in [1.165, 1.54) is 48.8 Å². The molecule has 2 N–H and O–H groups in total. The number of piperazine rings is 1. The van der Waals surface area contributed by atoms with Gasteiger partial charge in [0.15, 0.2) is 0 Å².